The third kappa shape index (κ3) is 2.51. The molecule has 1 amide bonds. The molecule has 2 heterocycles. The van der Waals surface area contributed by atoms with Crippen molar-refractivity contribution < 1.29 is 4.79 Å². The van der Waals surface area contributed by atoms with Crippen LogP contribution in [0, 0.1) is 0 Å². The molecule has 0 atom stereocenters. The smallest absolute Gasteiger partial charge is 0.228 e. The quantitative estimate of drug-likeness (QED) is 0.901. The molecular formula is C13H11ClN4O. The van der Waals surface area contributed by atoms with Crippen molar-refractivity contribution in [1.82, 2.24) is 9.97 Å². The molecule has 96 valence electrons. The lowest BCUT2D eigenvalue weighted by Gasteiger charge is -2.10. The van der Waals surface area contributed by atoms with Crippen LogP contribution >= 0.6 is 11.6 Å². The van der Waals surface area contributed by atoms with Gasteiger partial charge in [-0.05, 0) is 17.7 Å². The second-order valence-electron chi connectivity index (χ2n) is 4.31. The van der Waals surface area contributed by atoms with Crippen molar-refractivity contribution in [1.29, 1.82) is 0 Å². The number of aromatic nitrogens is 2. The van der Waals surface area contributed by atoms with Crippen LogP contribution in [0.25, 0.3) is 0 Å². The maximum absolute atomic E-state index is 11.3. The SMILES string of the molecule is O=C1Cc2cc(NCc3cncnc3)c(Cl)cc2N1. The van der Waals surface area contributed by atoms with Gasteiger partial charge < -0.3 is 10.6 Å². The summed E-state index contributed by atoms with van der Waals surface area (Å²) in [6.45, 7) is 0.584. The number of nitrogens with one attached hydrogen (secondary N) is 2. The van der Waals surface area contributed by atoms with Gasteiger partial charge in [-0.3, -0.25) is 4.79 Å². The molecule has 3 rings (SSSR count). The van der Waals surface area contributed by atoms with Crippen LogP contribution in [0.15, 0.2) is 30.9 Å². The molecule has 0 unspecified atom stereocenters. The van der Waals surface area contributed by atoms with Gasteiger partial charge in [-0.15, -0.1) is 0 Å². The zero-order chi connectivity index (χ0) is 13.2. The molecule has 1 aliphatic rings. The maximum atomic E-state index is 11.3. The molecule has 1 aliphatic heterocycles. The molecule has 5 nitrogen and oxygen atoms in total. The summed E-state index contributed by atoms with van der Waals surface area (Å²) in [5.74, 6) is -0.000300. The van der Waals surface area contributed by atoms with E-state index >= 15 is 0 Å². The third-order valence-electron chi connectivity index (χ3n) is 2.91. The van der Waals surface area contributed by atoms with Crippen LogP contribution in [0.2, 0.25) is 5.02 Å². The van der Waals surface area contributed by atoms with Crippen molar-refractivity contribution in [2.75, 3.05) is 10.6 Å². The fraction of sp³-hybridized carbons (Fsp3) is 0.154. The molecule has 0 radical (unpaired) electrons. The molecule has 0 saturated heterocycles. The van der Waals surface area contributed by atoms with E-state index in [1.54, 1.807) is 18.5 Å². The van der Waals surface area contributed by atoms with Gasteiger partial charge in [0, 0.05) is 30.2 Å². The van der Waals surface area contributed by atoms with E-state index in [-0.39, 0.29) is 5.91 Å². The number of benzene rings is 1. The zero-order valence-electron chi connectivity index (χ0n) is 9.98. The lowest BCUT2D eigenvalue weighted by Crippen LogP contribution is -2.03. The Morgan fingerprint density at radius 3 is 2.89 bits per heavy atom. The minimum absolute atomic E-state index is 0.000300. The van der Waals surface area contributed by atoms with Crippen molar-refractivity contribution in [3.05, 3.63) is 47.0 Å². The van der Waals surface area contributed by atoms with Crippen molar-refractivity contribution >= 4 is 28.9 Å². The molecule has 1 aromatic carbocycles. The van der Waals surface area contributed by atoms with Crippen LogP contribution in [-0.2, 0) is 17.8 Å². The minimum atomic E-state index is -0.000300. The number of carbonyl (C=O) groups is 1. The Hall–Kier alpha value is -2.14. The zero-order valence-corrected chi connectivity index (χ0v) is 10.7. The molecule has 1 aromatic heterocycles. The van der Waals surface area contributed by atoms with Crippen molar-refractivity contribution in [2.24, 2.45) is 0 Å². The van der Waals surface area contributed by atoms with E-state index in [0.717, 1.165) is 22.5 Å². The van der Waals surface area contributed by atoms with E-state index < -0.39 is 0 Å². The van der Waals surface area contributed by atoms with Crippen LogP contribution in [-0.4, -0.2) is 15.9 Å². The van der Waals surface area contributed by atoms with Crippen LogP contribution in [0.4, 0.5) is 11.4 Å². The summed E-state index contributed by atoms with van der Waals surface area (Å²) in [7, 11) is 0. The van der Waals surface area contributed by atoms with Crippen LogP contribution in [0.1, 0.15) is 11.1 Å². The highest BCUT2D eigenvalue weighted by Gasteiger charge is 2.19. The lowest BCUT2D eigenvalue weighted by molar-refractivity contribution is -0.115. The largest absolute Gasteiger partial charge is 0.380 e. The van der Waals surface area contributed by atoms with Gasteiger partial charge in [-0.1, -0.05) is 11.6 Å². The standard InChI is InChI=1S/C13H11ClN4O/c14-10-3-11-9(2-13(19)18-11)1-12(10)17-6-8-4-15-7-16-5-8/h1,3-5,7,17H,2,6H2,(H,18,19). The van der Waals surface area contributed by atoms with Gasteiger partial charge >= 0.3 is 0 Å². The second kappa shape index (κ2) is 4.85. The summed E-state index contributed by atoms with van der Waals surface area (Å²) in [5, 5.41) is 6.57. The Kier molecular flexibility index (Phi) is 3.05. The average molecular weight is 275 g/mol. The van der Waals surface area contributed by atoms with Gasteiger partial charge in [-0.2, -0.15) is 0 Å². The van der Waals surface area contributed by atoms with Crippen LogP contribution in [0.5, 0.6) is 0 Å². The summed E-state index contributed by atoms with van der Waals surface area (Å²) in [5.41, 5.74) is 3.53. The summed E-state index contributed by atoms with van der Waals surface area (Å²) in [6, 6.07) is 3.67. The average Bonchev–Trinajstić information content (AvgIpc) is 2.76. The Labute approximate surface area is 115 Å². The van der Waals surface area contributed by atoms with Gasteiger partial charge in [0.25, 0.3) is 0 Å². The molecule has 19 heavy (non-hydrogen) atoms. The predicted molar refractivity (Wildman–Crippen MR) is 73.1 cm³/mol. The Morgan fingerprint density at radius 1 is 1.32 bits per heavy atom. The summed E-state index contributed by atoms with van der Waals surface area (Å²) < 4.78 is 0. The maximum Gasteiger partial charge on any atom is 0.228 e. The highest BCUT2D eigenvalue weighted by molar-refractivity contribution is 6.33. The van der Waals surface area contributed by atoms with E-state index in [0.29, 0.717) is 18.0 Å². The first-order valence-corrected chi connectivity index (χ1v) is 6.20. The first-order chi connectivity index (χ1) is 9.22. The first-order valence-electron chi connectivity index (χ1n) is 5.82. The molecular weight excluding hydrogens is 264 g/mol. The monoisotopic (exact) mass is 274 g/mol. The summed E-state index contributed by atoms with van der Waals surface area (Å²) in [6.07, 6.45) is 5.37. The molecule has 2 N–H and O–H groups in total. The molecule has 2 aromatic rings. The fourth-order valence-corrected chi connectivity index (χ4v) is 2.23. The Morgan fingerprint density at radius 2 is 2.11 bits per heavy atom. The number of halogens is 1. The molecule has 0 aliphatic carbocycles. The number of rotatable bonds is 3. The van der Waals surface area contributed by atoms with Crippen molar-refractivity contribution in [3.63, 3.8) is 0 Å². The highest BCUT2D eigenvalue weighted by atomic mass is 35.5. The number of fused-ring (bicyclic) bond motifs is 1. The van der Waals surface area contributed by atoms with E-state index in [2.05, 4.69) is 20.6 Å². The van der Waals surface area contributed by atoms with Crippen LogP contribution in [0.3, 0.4) is 0 Å². The van der Waals surface area contributed by atoms with Crippen molar-refractivity contribution in [2.45, 2.75) is 13.0 Å². The highest BCUT2D eigenvalue weighted by Crippen LogP contribution is 2.32. The molecule has 0 fully saturated rings. The number of anilines is 2. The van der Waals surface area contributed by atoms with E-state index in [9.17, 15) is 4.79 Å². The molecule has 0 saturated carbocycles. The van der Waals surface area contributed by atoms with Gasteiger partial charge in [-0.25, -0.2) is 9.97 Å². The van der Waals surface area contributed by atoms with Crippen LogP contribution < -0.4 is 10.6 Å². The molecule has 0 bridgehead atoms. The van der Waals surface area contributed by atoms with Gasteiger partial charge in [0.1, 0.15) is 6.33 Å². The molecule has 0 spiro atoms. The normalized spacial score (nSPS) is 13.0. The molecule has 6 heteroatoms. The van der Waals surface area contributed by atoms with Gasteiger partial charge in [0.15, 0.2) is 0 Å². The minimum Gasteiger partial charge on any atom is -0.380 e. The number of carbonyl (C=O) groups excluding carboxylic acids is 1. The van der Waals surface area contributed by atoms with E-state index in [1.807, 2.05) is 6.07 Å². The number of amides is 1. The third-order valence-corrected chi connectivity index (χ3v) is 3.23. The summed E-state index contributed by atoms with van der Waals surface area (Å²) in [4.78, 5) is 19.2. The second-order valence-corrected chi connectivity index (χ2v) is 4.72. The predicted octanol–water partition coefficient (Wildman–Crippen LogP) is 2.24. The van der Waals surface area contributed by atoms with E-state index in [4.69, 9.17) is 11.6 Å². The fourth-order valence-electron chi connectivity index (χ4n) is 2.00. The lowest BCUT2D eigenvalue weighted by atomic mass is 10.1. The van der Waals surface area contributed by atoms with Gasteiger partial charge in [0.2, 0.25) is 5.91 Å². The topological polar surface area (TPSA) is 66.9 Å². The number of hydrogen-bond acceptors (Lipinski definition) is 4. The Bertz CT molecular complexity index is 630. The van der Waals surface area contributed by atoms with Crippen molar-refractivity contribution in [3.8, 4) is 0 Å². The van der Waals surface area contributed by atoms with E-state index in [1.165, 1.54) is 6.33 Å². The number of nitrogens with zero attached hydrogens (tertiary/aromatic N) is 2. The summed E-state index contributed by atoms with van der Waals surface area (Å²) >= 11 is 6.18. The first kappa shape index (κ1) is 11.9. The number of hydrogen-bond donors (Lipinski definition) is 2. The Balaban J connectivity index is 1.79. The van der Waals surface area contributed by atoms with Gasteiger partial charge in [0.05, 0.1) is 17.1 Å².